The van der Waals surface area contributed by atoms with Crippen LogP contribution in [0, 0.1) is 5.82 Å². The smallest absolute Gasteiger partial charge is 0.340 e. The van der Waals surface area contributed by atoms with E-state index >= 15 is 0 Å². The van der Waals surface area contributed by atoms with Crippen molar-refractivity contribution in [3.63, 3.8) is 0 Å². The predicted octanol–water partition coefficient (Wildman–Crippen LogP) is 1.11. The molecular formula is C16H13ClFN3O5. The van der Waals surface area contributed by atoms with Crippen molar-refractivity contribution in [2.75, 3.05) is 6.61 Å². The van der Waals surface area contributed by atoms with Crippen molar-refractivity contribution in [1.29, 1.82) is 0 Å². The van der Waals surface area contributed by atoms with Crippen LogP contribution in [0.3, 0.4) is 0 Å². The molecule has 10 heteroatoms. The Kier molecular flexibility index (Phi) is 4.56. The number of carbonyl (C=O) groups is 1. The number of aromatic nitrogens is 2. The Morgan fingerprint density at radius 2 is 2.08 bits per heavy atom. The zero-order chi connectivity index (χ0) is 19.0. The Morgan fingerprint density at radius 1 is 1.35 bits per heavy atom. The summed E-state index contributed by atoms with van der Waals surface area (Å²) in [6, 6.07) is 3.89. The molecule has 0 aliphatic carbocycles. The number of nitrogens with two attached hydrogens (primary N) is 1. The third kappa shape index (κ3) is 2.86. The Morgan fingerprint density at radius 3 is 2.73 bits per heavy atom. The average molecular weight is 382 g/mol. The lowest BCUT2D eigenvalue weighted by atomic mass is 9.84. The van der Waals surface area contributed by atoms with Crippen LogP contribution in [0.4, 0.5) is 4.39 Å². The van der Waals surface area contributed by atoms with Crippen LogP contribution in [-0.4, -0.2) is 22.5 Å². The number of benzene rings is 1. The van der Waals surface area contributed by atoms with Crippen molar-refractivity contribution in [3.05, 3.63) is 72.5 Å². The van der Waals surface area contributed by atoms with E-state index in [1.807, 2.05) is 4.98 Å². The van der Waals surface area contributed by atoms with E-state index in [0.717, 1.165) is 6.07 Å². The van der Waals surface area contributed by atoms with E-state index in [2.05, 4.69) is 4.98 Å². The van der Waals surface area contributed by atoms with Crippen molar-refractivity contribution < 1.29 is 18.7 Å². The van der Waals surface area contributed by atoms with Crippen molar-refractivity contribution >= 4 is 17.6 Å². The summed E-state index contributed by atoms with van der Waals surface area (Å²) in [6.45, 7) is 1.59. The van der Waals surface area contributed by atoms with E-state index in [1.54, 1.807) is 6.92 Å². The normalized spacial score (nSPS) is 16.0. The van der Waals surface area contributed by atoms with Crippen LogP contribution in [0.15, 0.2) is 39.2 Å². The van der Waals surface area contributed by atoms with Gasteiger partial charge in [-0.05, 0) is 19.1 Å². The summed E-state index contributed by atoms with van der Waals surface area (Å²) in [6.07, 6.45) is 0. The van der Waals surface area contributed by atoms with Gasteiger partial charge in [0.2, 0.25) is 11.8 Å². The molecule has 1 atom stereocenters. The number of hydrogen-bond acceptors (Lipinski definition) is 6. The Hall–Kier alpha value is -3.07. The van der Waals surface area contributed by atoms with Gasteiger partial charge in [-0.3, -0.25) is 14.8 Å². The second kappa shape index (κ2) is 6.68. The first kappa shape index (κ1) is 17.7. The SMILES string of the molecule is CCOC(=O)C1=C(N)Oc2[nH]c(=O)[nH]c(=O)c2[C@H]1c1c(F)cccc1Cl. The zero-order valence-electron chi connectivity index (χ0n) is 13.4. The van der Waals surface area contributed by atoms with Gasteiger partial charge in [-0.15, -0.1) is 0 Å². The molecule has 0 fully saturated rings. The molecule has 0 saturated heterocycles. The molecule has 4 N–H and O–H groups in total. The Bertz CT molecular complexity index is 1020. The fourth-order valence-corrected chi connectivity index (χ4v) is 3.04. The summed E-state index contributed by atoms with van der Waals surface area (Å²) in [5.41, 5.74) is 3.42. The highest BCUT2D eigenvalue weighted by Gasteiger charge is 2.40. The number of rotatable bonds is 3. The molecule has 2 aromatic rings. The standard InChI is InChI=1S/C16H13ClFN3O5/c1-2-25-15(23)10-9(8-6(17)4-3-5-7(8)18)11-13(22)20-16(24)21-14(11)26-12(10)19/h3-5,9H,2,19H2,1H3,(H2,20,21,22,24)/t9-/m0/s1. The number of carbonyl (C=O) groups excluding carboxylic acids is 1. The van der Waals surface area contributed by atoms with Gasteiger partial charge in [0, 0.05) is 10.6 Å². The van der Waals surface area contributed by atoms with E-state index in [4.69, 9.17) is 26.8 Å². The first-order valence-corrected chi connectivity index (χ1v) is 7.88. The van der Waals surface area contributed by atoms with E-state index < -0.39 is 34.8 Å². The number of H-pyrrole nitrogens is 2. The molecule has 1 aromatic carbocycles. The molecule has 0 bridgehead atoms. The van der Waals surface area contributed by atoms with Crippen molar-refractivity contribution in [2.45, 2.75) is 12.8 Å². The summed E-state index contributed by atoms with van der Waals surface area (Å²) in [5.74, 6) is -3.72. The average Bonchev–Trinajstić information content (AvgIpc) is 2.53. The first-order chi connectivity index (χ1) is 12.3. The van der Waals surface area contributed by atoms with Gasteiger partial charge in [-0.2, -0.15) is 0 Å². The van der Waals surface area contributed by atoms with E-state index in [0.29, 0.717) is 0 Å². The van der Waals surface area contributed by atoms with Gasteiger partial charge in [-0.25, -0.2) is 14.0 Å². The van der Waals surface area contributed by atoms with Crippen LogP contribution in [0.2, 0.25) is 5.02 Å². The molecule has 0 radical (unpaired) electrons. The minimum atomic E-state index is -1.33. The maximum atomic E-state index is 14.6. The maximum Gasteiger partial charge on any atom is 0.340 e. The fourth-order valence-electron chi connectivity index (χ4n) is 2.77. The first-order valence-electron chi connectivity index (χ1n) is 7.50. The molecule has 1 aliphatic rings. The van der Waals surface area contributed by atoms with Crippen molar-refractivity contribution in [3.8, 4) is 5.88 Å². The second-order valence-corrected chi connectivity index (χ2v) is 5.73. The minimum Gasteiger partial charge on any atom is -0.462 e. The van der Waals surface area contributed by atoms with Gasteiger partial charge < -0.3 is 15.2 Å². The molecule has 0 unspecified atom stereocenters. The van der Waals surface area contributed by atoms with E-state index in [-0.39, 0.29) is 34.2 Å². The van der Waals surface area contributed by atoms with Crippen LogP contribution in [0.1, 0.15) is 24.0 Å². The molecule has 136 valence electrons. The summed E-state index contributed by atoms with van der Waals surface area (Å²) in [5, 5.41) is -0.0388. The largest absolute Gasteiger partial charge is 0.462 e. The molecule has 0 spiro atoms. The summed E-state index contributed by atoms with van der Waals surface area (Å²) in [4.78, 5) is 40.6. The van der Waals surface area contributed by atoms with Gasteiger partial charge >= 0.3 is 11.7 Å². The number of ether oxygens (including phenoxy) is 2. The number of halogens is 2. The van der Waals surface area contributed by atoms with Crippen LogP contribution < -0.4 is 21.7 Å². The molecule has 1 aromatic heterocycles. The molecule has 26 heavy (non-hydrogen) atoms. The molecule has 2 heterocycles. The van der Waals surface area contributed by atoms with E-state index in [9.17, 15) is 18.8 Å². The summed E-state index contributed by atoms with van der Waals surface area (Å²) < 4.78 is 24.7. The van der Waals surface area contributed by atoms with Crippen molar-refractivity contribution in [1.82, 2.24) is 9.97 Å². The van der Waals surface area contributed by atoms with Crippen molar-refractivity contribution in [2.24, 2.45) is 5.73 Å². The van der Waals surface area contributed by atoms with Gasteiger partial charge in [0.1, 0.15) is 11.4 Å². The summed E-state index contributed by atoms with van der Waals surface area (Å²) in [7, 11) is 0. The van der Waals surface area contributed by atoms with E-state index in [1.165, 1.54) is 12.1 Å². The maximum absolute atomic E-state index is 14.6. The third-order valence-electron chi connectivity index (χ3n) is 3.78. The van der Waals surface area contributed by atoms with Crippen LogP contribution in [0.5, 0.6) is 5.88 Å². The monoisotopic (exact) mass is 381 g/mol. The lowest BCUT2D eigenvalue weighted by Gasteiger charge is -2.27. The highest BCUT2D eigenvalue weighted by molar-refractivity contribution is 6.31. The van der Waals surface area contributed by atoms with Gasteiger partial charge in [0.05, 0.1) is 18.1 Å². The number of esters is 1. The lowest BCUT2D eigenvalue weighted by Crippen LogP contribution is -2.36. The van der Waals surface area contributed by atoms with Crippen LogP contribution >= 0.6 is 11.6 Å². The van der Waals surface area contributed by atoms with Gasteiger partial charge in [-0.1, -0.05) is 17.7 Å². The molecule has 8 nitrogen and oxygen atoms in total. The predicted molar refractivity (Wildman–Crippen MR) is 89.4 cm³/mol. The molecule has 1 aliphatic heterocycles. The number of nitrogens with one attached hydrogen (secondary N) is 2. The lowest BCUT2D eigenvalue weighted by molar-refractivity contribution is -0.139. The molecular weight excluding hydrogens is 369 g/mol. The zero-order valence-corrected chi connectivity index (χ0v) is 14.1. The topological polar surface area (TPSA) is 127 Å². The highest BCUT2D eigenvalue weighted by Crippen LogP contribution is 2.42. The van der Waals surface area contributed by atoms with Gasteiger partial charge in [0.15, 0.2) is 0 Å². The number of hydrogen-bond donors (Lipinski definition) is 3. The molecule has 0 amide bonds. The number of fused-ring (bicyclic) bond motifs is 1. The quantitative estimate of drug-likeness (QED) is 0.683. The molecule has 0 saturated carbocycles. The minimum absolute atomic E-state index is 0.0160. The second-order valence-electron chi connectivity index (χ2n) is 5.32. The highest BCUT2D eigenvalue weighted by atomic mass is 35.5. The van der Waals surface area contributed by atoms with Crippen LogP contribution in [0.25, 0.3) is 0 Å². The van der Waals surface area contributed by atoms with Crippen LogP contribution in [-0.2, 0) is 9.53 Å². The Balaban J connectivity index is 2.37. The Labute approximate surface area is 150 Å². The number of aromatic amines is 2. The van der Waals surface area contributed by atoms with Gasteiger partial charge in [0.25, 0.3) is 5.56 Å². The third-order valence-corrected chi connectivity index (χ3v) is 4.11. The fraction of sp³-hybridized carbons (Fsp3) is 0.188. The molecule has 3 rings (SSSR count). The summed E-state index contributed by atoms with van der Waals surface area (Å²) >= 11 is 6.13.